The van der Waals surface area contributed by atoms with E-state index in [0.717, 1.165) is 44.0 Å². The van der Waals surface area contributed by atoms with Crippen LogP contribution in [0.3, 0.4) is 0 Å². The van der Waals surface area contributed by atoms with Crippen LogP contribution in [0.4, 0.5) is 0 Å². The van der Waals surface area contributed by atoms with E-state index >= 15 is 0 Å². The maximum absolute atomic E-state index is 6.39. The number of hydrogen-bond acceptors (Lipinski definition) is 4. The van der Waals surface area contributed by atoms with E-state index < -0.39 is 0 Å². The Bertz CT molecular complexity index is 486. The van der Waals surface area contributed by atoms with Gasteiger partial charge in [0.25, 0.3) is 0 Å². The molecular weight excluding hydrogens is 300 g/mol. The molecule has 1 aliphatic rings. The van der Waals surface area contributed by atoms with Gasteiger partial charge in [0.05, 0.1) is 17.2 Å². The highest BCUT2D eigenvalue weighted by Crippen LogP contribution is 2.34. The van der Waals surface area contributed by atoms with Gasteiger partial charge in [-0.3, -0.25) is 4.90 Å². The molecule has 0 saturated carbocycles. The SMILES string of the molecule is CC(C)Oc1cc(OC(C)C)c(CN2CCNCC2)cc1Cl. The lowest BCUT2D eigenvalue weighted by Gasteiger charge is -2.28. The minimum absolute atomic E-state index is 0.0865. The molecule has 1 aromatic carbocycles. The Balaban J connectivity index is 2.23. The summed E-state index contributed by atoms with van der Waals surface area (Å²) in [6.07, 6.45) is 0.207. The Morgan fingerprint density at radius 3 is 2.23 bits per heavy atom. The van der Waals surface area contributed by atoms with Crippen LogP contribution < -0.4 is 14.8 Å². The fraction of sp³-hybridized carbons (Fsp3) is 0.647. The molecule has 0 unspecified atom stereocenters. The highest BCUT2D eigenvalue weighted by molar-refractivity contribution is 6.32. The van der Waals surface area contributed by atoms with E-state index in [4.69, 9.17) is 21.1 Å². The van der Waals surface area contributed by atoms with Crippen molar-refractivity contribution in [3.63, 3.8) is 0 Å². The van der Waals surface area contributed by atoms with Crippen LogP contribution in [0.15, 0.2) is 12.1 Å². The molecule has 0 bridgehead atoms. The molecule has 1 saturated heterocycles. The van der Waals surface area contributed by atoms with Crippen LogP contribution in [0.1, 0.15) is 33.3 Å². The van der Waals surface area contributed by atoms with Gasteiger partial charge in [-0.25, -0.2) is 0 Å². The van der Waals surface area contributed by atoms with Crippen molar-refractivity contribution in [3.05, 3.63) is 22.7 Å². The van der Waals surface area contributed by atoms with E-state index in [1.807, 2.05) is 39.8 Å². The number of nitrogens with zero attached hydrogens (tertiary/aromatic N) is 1. The van der Waals surface area contributed by atoms with Crippen molar-refractivity contribution < 1.29 is 9.47 Å². The number of piperazine rings is 1. The van der Waals surface area contributed by atoms with Gasteiger partial charge in [-0.15, -0.1) is 0 Å². The first-order valence-electron chi connectivity index (χ1n) is 8.04. The molecule has 1 aliphatic heterocycles. The first kappa shape index (κ1) is 17.4. The second-order valence-electron chi connectivity index (χ2n) is 6.25. The van der Waals surface area contributed by atoms with E-state index in [1.165, 1.54) is 0 Å². The van der Waals surface area contributed by atoms with Crippen LogP contribution in [-0.4, -0.2) is 43.3 Å². The molecule has 124 valence electrons. The topological polar surface area (TPSA) is 33.7 Å². The van der Waals surface area contributed by atoms with Crippen molar-refractivity contribution in [3.8, 4) is 11.5 Å². The maximum atomic E-state index is 6.39. The van der Waals surface area contributed by atoms with E-state index in [-0.39, 0.29) is 12.2 Å². The van der Waals surface area contributed by atoms with Gasteiger partial charge in [-0.1, -0.05) is 11.6 Å². The lowest BCUT2D eigenvalue weighted by atomic mass is 10.1. The first-order valence-corrected chi connectivity index (χ1v) is 8.42. The molecule has 0 radical (unpaired) electrons. The summed E-state index contributed by atoms with van der Waals surface area (Å²) in [4.78, 5) is 2.42. The first-order chi connectivity index (χ1) is 10.5. The summed E-state index contributed by atoms with van der Waals surface area (Å²) in [5.41, 5.74) is 1.12. The number of nitrogens with one attached hydrogen (secondary N) is 1. The molecule has 0 spiro atoms. The number of benzene rings is 1. The third-order valence-corrected chi connectivity index (χ3v) is 3.74. The second-order valence-corrected chi connectivity index (χ2v) is 6.66. The molecule has 1 fully saturated rings. The monoisotopic (exact) mass is 326 g/mol. The second kappa shape index (κ2) is 8.04. The summed E-state index contributed by atoms with van der Waals surface area (Å²) >= 11 is 6.39. The zero-order valence-corrected chi connectivity index (χ0v) is 14.7. The average Bonchev–Trinajstić information content (AvgIpc) is 2.44. The smallest absolute Gasteiger partial charge is 0.141 e. The molecule has 1 aromatic rings. The van der Waals surface area contributed by atoms with Crippen LogP contribution in [-0.2, 0) is 6.54 Å². The molecular formula is C17H27ClN2O2. The zero-order valence-electron chi connectivity index (χ0n) is 14.0. The van der Waals surface area contributed by atoms with Crippen LogP contribution in [0.25, 0.3) is 0 Å². The largest absolute Gasteiger partial charge is 0.491 e. The van der Waals surface area contributed by atoms with Crippen molar-refractivity contribution in [1.29, 1.82) is 0 Å². The van der Waals surface area contributed by atoms with Crippen molar-refractivity contribution >= 4 is 11.6 Å². The van der Waals surface area contributed by atoms with Gasteiger partial charge in [0.1, 0.15) is 11.5 Å². The van der Waals surface area contributed by atoms with Gasteiger partial charge in [-0.2, -0.15) is 0 Å². The Morgan fingerprint density at radius 1 is 1.05 bits per heavy atom. The third kappa shape index (κ3) is 5.04. The quantitative estimate of drug-likeness (QED) is 0.869. The minimum Gasteiger partial charge on any atom is -0.491 e. The molecule has 0 amide bonds. The summed E-state index contributed by atoms with van der Waals surface area (Å²) in [6.45, 7) is 13.1. The fourth-order valence-corrected chi connectivity index (χ4v) is 2.75. The van der Waals surface area contributed by atoms with Gasteiger partial charge < -0.3 is 14.8 Å². The molecule has 5 heteroatoms. The van der Waals surface area contributed by atoms with Crippen molar-refractivity contribution in [2.75, 3.05) is 26.2 Å². The predicted molar refractivity (Wildman–Crippen MR) is 91.1 cm³/mol. The number of halogens is 1. The summed E-state index contributed by atoms with van der Waals surface area (Å²) in [6, 6.07) is 3.92. The fourth-order valence-electron chi connectivity index (χ4n) is 2.52. The van der Waals surface area contributed by atoms with E-state index in [9.17, 15) is 0 Å². The lowest BCUT2D eigenvalue weighted by molar-refractivity contribution is 0.210. The van der Waals surface area contributed by atoms with Crippen molar-refractivity contribution in [1.82, 2.24) is 10.2 Å². The lowest BCUT2D eigenvalue weighted by Crippen LogP contribution is -2.42. The molecule has 0 aliphatic carbocycles. The van der Waals surface area contributed by atoms with Crippen LogP contribution in [0.2, 0.25) is 5.02 Å². The Kier molecular flexibility index (Phi) is 6.36. The van der Waals surface area contributed by atoms with Gasteiger partial charge in [0, 0.05) is 44.4 Å². The van der Waals surface area contributed by atoms with Crippen molar-refractivity contribution in [2.45, 2.75) is 46.4 Å². The van der Waals surface area contributed by atoms with Crippen molar-refractivity contribution in [2.24, 2.45) is 0 Å². The standard InChI is InChI=1S/C17H27ClN2O2/c1-12(2)21-16-10-17(22-13(3)4)15(18)9-14(16)11-20-7-5-19-6-8-20/h9-10,12-13,19H,5-8,11H2,1-4H3. The van der Waals surface area contributed by atoms with Gasteiger partial charge in [0.15, 0.2) is 0 Å². The third-order valence-electron chi connectivity index (χ3n) is 3.44. The average molecular weight is 327 g/mol. The highest BCUT2D eigenvalue weighted by Gasteiger charge is 2.17. The molecule has 4 nitrogen and oxygen atoms in total. The van der Waals surface area contributed by atoms with Gasteiger partial charge in [0.2, 0.25) is 0 Å². The Labute approximate surface area is 138 Å². The highest BCUT2D eigenvalue weighted by atomic mass is 35.5. The van der Waals surface area contributed by atoms with E-state index in [0.29, 0.717) is 10.8 Å². The van der Waals surface area contributed by atoms with Crippen LogP contribution in [0.5, 0.6) is 11.5 Å². The van der Waals surface area contributed by atoms with Crippen LogP contribution >= 0.6 is 11.6 Å². The molecule has 0 atom stereocenters. The molecule has 1 heterocycles. The normalized spacial score (nSPS) is 16.3. The molecule has 0 aromatic heterocycles. The zero-order chi connectivity index (χ0) is 16.1. The summed E-state index contributed by atoms with van der Waals surface area (Å²) in [5, 5.41) is 4.02. The minimum atomic E-state index is 0.0865. The summed E-state index contributed by atoms with van der Waals surface area (Å²) in [7, 11) is 0. The number of hydrogen-bond donors (Lipinski definition) is 1. The molecule has 1 N–H and O–H groups in total. The van der Waals surface area contributed by atoms with E-state index in [1.54, 1.807) is 0 Å². The molecule has 22 heavy (non-hydrogen) atoms. The number of ether oxygens (including phenoxy) is 2. The summed E-state index contributed by atoms with van der Waals surface area (Å²) in [5.74, 6) is 1.56. The Hall–Kier alpha value is -0.970. The summed E-state index contributed by atoms with van der Waals surface area (Å²) < 4.78 is 11.8. The van der Waals surface area contributed by atoms with Crippen LogP contribution in [0, 0.1) is 0 Å². The molecule has 2 rings (SSSR count). The number of rotatable bonds is 6. The Morgan fingerprint density at radius 2 is 1.64 bits per heavy atom. The van der Waals surface area contributed by atoms with Gasteiger partial charge in [-0.05, 0) is 33.8 Å². The van der Waals surface area contributed by atoms with Gasteiger partial charge >= 0.3 is 0 Å². The van der Waals surface area contributed by atoms with E-state index in [2.05, 4.69) is 10.2 Å². The maximum Gasteiger partial charge on any atom is 0.141 e. The predicted octanol–water partition coefficient (Wildman–Crippen LogP) is 3.32.